The topological polar surface area (TPSA) is 46.2 Å². The lowest BCUT2D eigenvalue weighted by Gasteiger charge is -2.11. The summed E-state index contributed by atoms with van der Waals surface area (Å²) in [6, 6.07) is 8.21. The van der Waals surface area contributed by atoms with Gasteiger partial charge in [0.05, 0.1) is 0 Å². The van der Waals surface area contributed by atoms with Gasteiger partial charge in [0, 0.05) is 12.0 Å². The van der Waals surface area contributed by atoms with Gasteiger partial charge in [-0.1, -0.05) is 30.8 Å². The Morgan fingerprint density at radius 2 is 2.19 bits per heavy atom. The molecule has 86 valence electrons. The zero-order valence-electron chi connectivity index (χ0n) is 9.02. The first-order chi connectivity index (χ1) is 7.62. The Hall–Kier alpha value is -1.13. The van der Waals surface area contributed by atoms with Crippen LogP contribution in [0.15, 0.2) is 36.3 Å². The van der Waals surface area contributed by atoms with Gasteiger partial charge in [-0.15, -0.1) is 0 Å². The second kappa shape index (κ2) is 4.39. The minimum Gasteiger partial charge on any atom is -0.211 e. The smallest absolute Gasteiger partial charge is 0.211 e. The molecule has 0 heterocycles. The molecule has 2 rings (SSSR count). The van der Waals surface area contributed by atoms with Gasteiger partial charge < -0.3 is 0 Å². The van der Waals surface area contributed by atoms with E-state index in [1.165, 1.54) is 11.1 Å². The third-order valence-electron chi connectivity index (χ3n) is 3.01. The Kier molecular flexibility index (Phi) is 3.12. The molecule has 0 amide bonds. The summed E-state index contributed by atoms with van der Waals surface area (Å²) in [5.74, 6) is 0.297. The molecule has 1 aromatic carbocycles. The second-order valence-corrected chi connectivity index (χ2v) is 5.71. The van der Waals surface area contributed by atoms with Crippen LogP contribution in [0.3, 0.4) is 0 Å². The number of nitrogens with one attached hydrogen (secondary N) is 1. The first-order valence-electron chi connectivity index (χ1n) is 5.32. The van der Waals surface area contributed by atoms with E-state index in [2.05, 4.69) is 23.4 Å². The van der Waals surface area contributed by atoms with Crippen molar-refractivity contribution in [2.75, 3.05) is 6.54 Å². The first-order valence-corrected chi connectivity index (χ1v) is 6.87. The summed E-state index contributed by atoms with van der Waals surface area (Å²) in [5, 5.41) is 0.952. The fourth-order valence-electron chi connectivity index (χ4n) is 2.13. The molecular weight excluding hydrogens is 222 g/mol. The van der Waals surface area contributed by atoms with Crippen LogP contribution in [0.2, 0.25) is 0 Å². The molecular formula is C12H15NO2S. The molecule has 4 heteroatoms. The van der Waals surface area contributed by atoms with Gasteiger partial charge in [-0.25, -0.2) is 13.1 Å². The van der Waals surface area contributed by atoms with Crippen LogP contribution in [0.4, 0.5) is 0 Å². The summed E-state index contributed by atoms with van der Waals surface area (Å²) in [5.41, 5.74) is 2.61. The molecule has 0 bridgehead atoms. The van der Waals surface area contributed by atoms with Crippen LogP contribution >= 0.6 is 0 Å². The molecule has 0 aromatic heterocycles. The summed E-state index contributed by atoms with van der Waals surface area (Å²) in [6.45, 7) is 3.74. The third kappa shape index (κ3) is 2.33. The summed E-state index contributed by atoms with van der Waals surface area (Å²) >= 11 is 0. The predicted molar refractivity (Wildman–Crippen MR) is 64.6 cm³/mol. The SMILES string of the molecule is C=CS(=O)(=O)NCC1CCc2ccccc21. The lowest BCUT2D eigenvalue weighted by atomic mass is 10.0. The zero-order chi connectivity index (χ0) is 11.6. The standard InChI is InChI=1S/C12H15NO2S/c1-2-16(14,15)13-9-11-8-7-10-5-3-4-6-12(10)11/h2-6,11,13H,1,7-9H2. The normalized spacial score (nSPS) is 19.4. The number of rotatable bonds is 4. The van der Waals surface area contributed by atoms with E-state index in [9.17, 15) is 8.42 Å². The molecule has 0 aliphatic heterocycles. The molecule has 16 heavy (non-hydrogen) atoms. The third-order valence-corrected chi connectivity index (χ3v) is 4.02. The Balaban J connectivity index is 2.07. The van der Waals surface area contributed by atoms with Crippen LogP contribution in [0.1, 0.15) is 23.5 Å². The molecule has 1 atom stereocenters. The van der Waals surface area contributed by atoms with Gasteiger partial charge in [0.2, 0.25) is 10.0 Å². The molecule has 0 radical (unpaired) electrons. The number of hydrogen-bond acceptors (Lipinski definition) is 2. The average molecular weight is 237 g/mol. The van der Waals surface area contributed by atoms with Gasteiger partial charge in [0.25, 0.3) is 0 Å². The molecule has 1 N–H and O–H groups in total. The lowest BCUT2D eigenvalue weighted by molar-refractivity contribution is 0.577. The van der Waals surface area contributed by atoms with Crippen molar-refractivity contribution in [3.8, 4) is 0 Å². The van der Waals surface area contributed by atoms with Crippen LogP contribution in [-0.4, -0.2) is 15.0 Å². The molecule has 3 nitrogen and oxygen atoms in total. The minimum atomic E-state index is -3.30. The zero-order valence-corrected chi connectivity index (χ0v) is 9.83. The molecule has 0 spiro atoms. The van der Waals surface area contributed by atoms with Crippen molar-refractivity contribution in [2.24, 2.45) is 0 Å². The highest BCUT2D eigenvalue weighted by atomic mass is 32.2. The van der Waals surface area contributed by atoms with E-state index in [4.69, 9.17) is 0 Å². The highest BCUT2D eigenvalue weighted by Gasteiger charge is 2.22. The molecule has 1 aliphatic carbocycles. The molecule has 0 fully saturated rings. The van der Waals surface area contributed by atoms with Gasteiger partial charge >= 0.3 is 0 Å². The van der Waals surface area contributed by atoms with E-state index >= 15 is 0 Å². The highest BCUT2D eigenvalue weighted by molar-refractivity contribution is 7.92. The van der Waals surface area contributed by atoms with Crippen LogP contribution in [0, 0.1) is 0 Å². The van der Waals surface area contributed by atoms with Gasteiger partial charge in [-0.2, -0.15) is 0 Å². The van der Waals surface area contributed by atoms with Gasteiger partial charge in [-0.3, -0.25) is 0 Å². The van der Waals surface area contributed by atoms with Crippen molar-refractivity contribution in [1.29, 1.82) is 0 Å². The molecule has 0 saturated heterocycles. The molecule has 1 aliphatic rings. The summed E-state index contributed by atoms with van der Waals surface area (Å²) in [4.78, 5) is 0. The lowest BCUT2D eigenvalue weighted by Crippen LogP contribution is -2.25. The van der Waals surface area contributed by atoms with Crippen molar-refractivity contribution in [3.05, 3.63) is 47.4 Å². The van der Waals surface area contributed by atoms with Crippen LogP contribution in [0.25, 0.3) is 0 Å². The first kappa shape index (κ1) is 11.4. The number of fused-ring (bicyclic) bond motifs is 1. The Labute approximate surface area is 96.2 Å². The average Bonchev–Trinajstić information content (AvgIpc) is 2.70. The van der Waals surface area contributed by atoms with E-state index in [-0.39, 0.29) is 0 Å². The number of benzene rings is 1. The van der Waals surface area contributed by atoms with Crippen LogP contribution in [-0.2, 0) is 16.4 Å². The van der Waals surface area contributed by atoms with Crippen LogP contribution < -0.4 is 4.72 Å². The molecule has 0 saturated carbocycles. The maximum atomic E-state index is 11.2. The maximum Gasteiger partial charge on any atom is 0.233 e. The largest absolute Gasteiger partial charge is 0.233 e. The number of hydrogen-bond donors (Lipinski definition) is 1. The molecule has 1 aromatic rings. The number of sulfonamides is 1. The Morgan fingerprint density at radius 3 is 2.94 bits per heavy atom. The van der Waals surface area contributed by atoms with Crippen molar-refractivity contribution in [2.45, 2.75) is 18.8 Å². The number of aryl methyl sites for hydroxylation is 1. The molecule has 1 unspecified atom stereocenters. The predicted octanol–water partition coefficient (Wildman–Crippen LogP) is 1.78. The van der Waals surface area contributed by atoms with Crippen molar-refractivity contribution in [3.63, 3.8) is 0 Å². The summed E-state index contributed by atoms with van der Waals surface area (Å²) in [6.07, 6.45) is 2.05. The van der Waals surface area contributed by atoms with E-state index in [1.807, 2.05) is 12.1 Å². The van der Waals surface area contributed by atoms with E-state index in [0.717, 1.165) is 18.2 Å². The van der Waals surface area contributed by atoms with E-state index in [1.54, 1.807) is 0 Å². The van der Waals surface area contributed by atoms with Gasteiger partial charge in [-0.05, 0) is 29.9 Å². The van der Waals surface area contributed by atoms with Crippen molar-refractivity contribution < 1.29 is 8.42 Å². The second-order valence-electron chi connectivity index (χ2n) is 3.99. The van der Waals surface area contributed by atoms with Gasteiger partial charge in [0.1, 0.15) is 0 Å². The minimum absolute atomic E-state index is 0.297. The quantitative estimate of drug-likeness (QED) is 0.867. The maximum absolute atomic E-state index is 11.2. The monoisotopic (exact) mass is 237 g/mol. The highest BCUT2D eigenvalue weighted by Crippen LogP contribution is 2.32. The summed E-state index contributed by atoms with van der Waals surface area (Å²) in [7, 11) is -3.30. The van der Waals surface area contributed by atoms with E-state index < -0.39 is 10.0 Å². The van der Waals surface area contributed by atoms with Crippen molar-refractivity contribution >= 4 is 10.0 Å². The van der Waals surface area contributed by atoms with Gasteiger partial charge in [0.15, 0.2) is 0 Å². The van der Waals surface area contributed by atoms with E-state index in [0.29, 0.717) is 12.5 Å². The fourth-order valence-corrected chi connectivity index (χ4v) is 2.68. The van der Waals surface area contributed by atoms with Crippen molar-refractivity contribution in [1.82, 2.24) is 4.72 Å². The van der Waals surface area contributed by atoms with Crippen LogP contribution in [0.5, 0.6) is 0 Å². The summed E-state index contributed by atoms with van der Waals surface area (Å²) < 4.78 is 25.0. The Bertz CT molecular complexity index is 493. The Morgan fingerprint density at radius 1 is 1.44 bits per heavy atom. The fraction of sp³-hybridized carbons (Fsp3) is 0.333.